The minimum Gasteiger partial charge on any atom is -0.372 e. The number of hydrogen-bond acceptors (Lipinski definition) is 4. The largest absolute Gasteiger partial charge is 0.372 e. The van der Waals surface area contributed by atoms with E-state index in [1.165, 1.54) is 22.8 Å². The third-order valence-electron chi connectivity index (χ3n) is 5.91. The van der Waals surface area contributed by atoms with Gasteiger partial charge < -0.3 is 10.2 Å². The molecule has 3 rings (SSSR count). The molecule has 1 heterocycles. The van der Waals surface area contributed by atoms with Crippen molar-refractivity contribution in [2.75, 3.05) is 30.8 Å². The fourth-order valence-corrected chi connectivity index (χ4v) is 4.58. The van der Waals surface area contributed by atoms with Crippen LogP contribution in [-0.2, 0) is 21.4 Å². The molecule has 2 aromatic rings. The standard InChI is InChI=1S/C24H33N3O3S/c1-19-13-15-26(16-14-19)23-11-9-22(10-12-23)20(2)25-24(28)18-27(31(3,29)30)17-21-7-5-4-6-8-21/h4-12,19-20H,13-18H2,1-3H3,(H,25,28). The summed E-state index contributed by atoms with van der Waals surface area (Å²) in [6, 6.07) is 17.4. The van der Waals surface area contributed by atoms with Gasteiger partial charge in [0.05, 0.1) is 18.8 Å². The molecule has 0 saturated carbocycles. The molecule has 6 nitrogen and oxygen atoms in total. The van der Waals surface area contributed by atoms with E-state index < -0.39 is 10.0 Å². The number of carbonyl (C=O) groups excluding carboxylic acids is 1. The van der Waals surface area contributed by atoms with Crippen molar-refractivity contribution >= 4 is 21.6 Å². The van der Waals surface area contributed by atoms with E-state index in [1.54, 1.807) is 0 Å². The van der Waals surface area contributed by atoms with Crippen molar-refractivity contribution in [3.63, 3.8) is 0 Å². The maximum absolute atomic E-state index is 12.6. The zero-order chi connectivity index (χ0) is 22.4. The second kappa shape index (κ2) is 10.3. The molecule has 1 aliphatic heterocycles. The van der Waals surface area contributed by atoms with E-state index >= 15 is 0 Å². The quantitative estimate of drug-likeness (QED) is 0.677. The summed E-state index contributed by atoms with van der Waals surface area (Å²) < 4.78 is 25.6. The highest BCUT2D eigenvalue weighted by Gasteiger charge is 2.22. The van der Waals surface area contributed by atoms with Crippen molar-refractivity contribution in [1.82, 2.24) is 9.62 Å². The summed E-state index contributed by atoms with van der Waals surface area (Å²) >= 11 is 0. The van der Waals surface area contributed by atoms with E-state index in [0.717, 1.165) is 36.4 Å². The van der Waals surface area contributed by atoms with Crippen molar-refractivity contribution in [1.29, 1.82) is 0 Å². The van der Waals surface area contributed by atoms with E-state index in [0.29, 0.717) is 0 Å². The molecule has 0 radical (unpaired) electrons. The fourth-order valence-electron chi connectivity index (χ4n) is 3.85. The summed E-state index contributed by atoms with van der Waals surface area (Å²) in [4.78, 5) is 15.0. The fraction of sp³-hybridized carbons (Fsp3) is 0.458. The van der Waals surface area contributed by atoms with Gasteiger partial charge in [-0.2, -0.15) is 4.31 Å². The van der Waals surface area contributed by atoms with Gasteiger partial charge in [-0.25, -0.2) is 8.42 Å². The summed E-state index contributed by atoms with van der Waals surface area (Å²) in [5.74, 6) is 0.474. The number of rotatable bonds is 8. The van der Waals surface area contributed by atoms with Crippen LogP contribution in [0.5, 0.6) is 0 Å². The summed E-state index contributed by atoms with van der Waals surface area (Å²) in [7, 11) is -3.51. The SMILES string of the molecule is CC1CCN(c2ccc(C(C)NC(=O)CN(Cc3ccccc3)S(C)(=O)=O)cc2)CC1. The highest BCUT2D eigenvalue weighted by molar-refractivity contribution is 7.88. The number of nitrogens with zero attached hydrogens (tertiary/aromatic N) is 2. The molecule has 1 saturated heterocycles. The molecule has 0 bridgehead atoms. The number of amides is 1. The Kier molecular flexibility index (Phi) is 7.73. The molecule has 1 amide bonds. The molecule has 1 aliphatic rings. The van der Waals surface area contributed by atoms with Gasteiger partial charge in [-0.1, -0.05) is 49.4 Å². The Bertz CT molecular complexity index is 953. The summed E-state index contributed by atoms with van der Waals surface area (Å²) in [5.41, 5.74) is 3.05. The third kappa shape index (κ3) is 6.80. The molecule has 0 spiro atoms. The van der Waals surface area contributed by atoms with Gasteiger partial charge in [0.2, 0.25) is 15.9 Å². The zero-order valence-corrected chi connectivity index (χ0v) is 19.4. The molecule has 31 heavy (non-hydrogen) atoms. The molecular weight excluding hydrogens is 410 g/mol. The number of hydrogen-bond donors (Lipinski definition) is 1. The first-order valence-electron chi connectivity index (χ1n) is 10.9. The lowest BCUT2D eigenvalue weighted by Gasteiger charge is -2.32. The van der Waals surface area contributed by atoms with Gasteiger partial charge in [-0.05, 0) is 48.9 Å². The summed E-state index contributed by atoms with van der Waals surface area (Å²) in [6.07, 6.45) is 3.56. The van der Waals surface area contributed by atoms with Crippen LogP contribution in [0.3, 0.4) is 0 Å². The Morgan fingerprint density at radius 2 is 1.71 bits per heavy atom. The van der Waals surface area contributed by atoms with E-state index in [1.807, 2.05) is 49.4 Å². The maximum atomic E-state index is 12.6. The molecule has 0 aliphatic carbocycles. The lowest BCUT2D eigenvalue weighted by molar-refractivity contribution is -0.122. The monoisotopic (exact) mass is 443 g/mol. The number of carbonyl (C=O) groups is 1. The Labute approximate surface area is 186 Å². The summed E-state index contributed by atoms with van der Waals surface area (Å²) in [5, 5.41) is 2.93. The first kappa shape index (κ1) is 23.3. The van der Waals surface area contributed by atoms with Gasteiger partial charge in [-0.15, -0.1) is 0 Å². The van der Waals surface area contributed by atoms with E-state index in [4.69, 9.17) is 0 Å². The van der Waals surface area contributed by atoms with E-state index in [2.05, 4.69) is 29.3 Å². The van der Waals surface area contributed by atoms with Gasteiger partial charge in [0.25, 0.3) is 0 Å². The average Bonchev–Trinajstić information content (AvgIpc) is 2.74. The van der Waals surface area contributed by atoms with Crippen molar-refractivity contribution < 1.29 is 13.2 Å². The maximum Gasteiger partial charge on any atom is 0.235 e. The molecule has 0 aromatic heterocycles. The molecule has 1 N–H and O–H groups in total. The van der Waals surface area contributed by atoms with Crippen LogP contribution in [0.1, 0.15) is 43.9 Å². The van der Waals surface area contributed by atoms with Gasteiger partial charge in [-0.3, -0.25) is 4.79 Å². The van der Waals surface area contributed by atoms with Crippen LogP contribution in [0.25, 0.3) is 0 Å². The predicted octanol–water partition coefficient (Wildman–Crippen LogP) is 3.56. The normalized spacial score (nSPS) is 16.3. The van der Waals surface area contributed by atoms with Crippen LogP contribution >= 0.6 is 0 Å². The van der Waals surface area contributed by atoms with Crippen LogP contribution in [-0.4, -0.2) is 44.5 Å². The number of nitrogens with one attached hydrogen (secondary N) is 1. The van der Waals surface area contributed by atoms with Crippen LogP contribution in [0.15, 0.2) is 54.6 Å². The Hall–Kier alpha value is -2.38. The minimum absolute atomic E-state index is 0.171. The summed E-state index contributed by atoms with van der Waals surface area (Å²) in [6.45, 7) is 6.34. The third-order valence-corrected chi connectivity index (χ3v) is 7.11. The Morgan fingerprint density at radius 1 is 1.10 bits per heavy atom. The minimum atomic E-state index is -3.51. The molecular formula is C24H33N3O3S. The van der Waals surface area contributed by atoms with Crippen LogP contribution < -0.4 is 10.2 Å². The first-order valence-corrected chi connectivity index (χ1v) is 12.7. The lowest BCUT2D eigenvalue weighted by Crippen LogP contribution is -2.40. The topological polar surface area (TPSA) is 69.7 Å². The van der Waals surface area contributed by atoms with Gasteiger partial charge in [0.1, 0.15) is 0 Å². The second-order valence-electron chi connectivity index (χ2n) is 8.57. The van der Waals surface area contributed by atoms with Crippen molar-refractivity contribution in [3.8, 4) is 0 Å². The highest BCUT2D eigenvalue weighted by atomic mass is 32.2. The van der Waals surface area contributed by atoms with E-state index in [9.17, 15) is 13.2 Å². The van der Waals surface area contributed by atoms with Crippen LogP contribution in [0.4, 0.5) is 5.69 Å². The molecule has 7 heteroatoms. The van der Waals surface area contributed by atoms with Crippen molar-refractivity contribution in [3.05, 3.63) is 65.7 Å². The molecule has 168 valence electrons. The predicted molar refractivity (Wildman–Crippen MR) is 125 cm³/mol. The first-order chi connectivity index (χ1) is 14.7. The number of benzene rings is 2. The zero-order valence-electron chi connectivity index (χ0n) is 18.6. The number of anilines is 1. The van der Waals surface area contributed by atoms with Crippen molar-refractivity contribution in [2.45, 2.75) is 39.3 Å². The average molecular weight is 444 g/mol. The number of piperidine rings is 1. The molecule has 1 fully saturated rings. The molecule has 1 atom stereocenters. The van der Waals surface area contributed by atoms with Gasteiger partial charge in [0.15, 0.2) is 0 Å². The lowest BCUT2D eigenvalue weighted by atomic mass is 9.98. The number of sulfonamides is 1. The van der Waals surface area contributed by atoms with Crippen molar-refractivity contribution in [2.24, 2.45) is 5.92 Å². The second-order valence-corrected chi connectivity index (χ2v) is 10.5. The molecule has 1 unspecified atom stereocenters. The van der Waals surface area contributed by atoms with Gasteiger partial charge >= 0.3 is 0 Å². The molecule has 2 aromatic carbocycles. The van der Waals surface area contributed by atoms with Crippen LogP contribution in [0.2, 0.25) is 0 Å². The highest BCUT2D eigenvalue weighted by Crippen LogP contribution is 2.24. The Morgan fingerprint density at radius 3 is 2.29 bits per heavy atom. The van der Waals surface area contributed by atoms with E-state index in [-0.39, 0.29) is 25.0 Å². The van der Waals surface area contributed by atoms with Crippen LogP contribution in [0, 0.1) is 5.92 Å². The van der Waals surface area contributed by atoms with Gasteiger partial charge in [0, 0.05) is 25.3 Å². The smallest absolute Gasteiger partial charge is 0.235 e. The Balaban J connectivity index is 1.58.